The van der Waals surface area contributed by atoms with Crippen LogP contribution in [0.5, 0.6) is 0 Å². The van der Waals surface area contributed by atoms with Crippen LogP contribution in [0.2, 0.25) is 0 Å². The summed E-state index contributed by atoms with van der Waals surface area (Å²) in [5.41, 5.74) is 2.67. The summed E-state index contributed by atoms with van der Waals surface area (Å²) in [6.45, 7) is 6.49. The summed E-state index contributed by atoms with van der Waals surface area (Å²) in [6, 6.07) is 9.20. The zero-order chi connectivity index (χ0) is 12.1. The Hall–Kier alpha value is -0.900. The molecule has 1 aromatic carbocycles. The van der Waals surface area contributed by atoms with Crippen LogP contribution >= 0.6 is 0 Å². The van der Waals surface area contributed by atoms with Crippen LogP contribution in [0, 0.1) is 6.92 Å². The number of hydrogen-bond donors (Lipinski definition) is 2. The largest absolute Gasteiger partial charge is 0.396 e. The summed E-state index contributed by atoms with van der Waals surface area (Å²) in [5, 5.41) is 12.5. The number of hydrogen-bond acceptors (Lipinski definition) is 3. The third-order valence-corrected chi connectivity index (χ3v) is 3.44. The summed E-state index contributed by atoms with van der Waals surface area (Å²) in [7, 11) is 0. The van der Waals surface area contributed by atoms with Gasteiger partial charge in [-0.2, -0.15) is 0 Å². The number of nitrogens with zero attached hydrogens (tertiary/aromatic N) is 1. The Labute approximate surface area is 103 Å². The third kappa shape index (κ3) is 3.53. The normalized spacial score (nSPS) is 21.6. The number of aliphatic hydroxyl groups excluding tert-OH is 1. The van der Waals surface area contributed by atoms with E-state index in [2.05, 4.69) is 41.4 Å². The number of benzene rings is 1. The van der Waals surface area contributed by atoms with E-state index in [0.29, 0.717) is 6.04 Å². The van der Waals surface area contributed by atoms with Crippen molar-refractivity contribution in [2.24, 2.45) is 0 Å². The minimum absolute atomic E-state index is 0.275. The van der Waals surface area contributed by atoms with Crippen molar-refractivity contribution in [2.75, 3.05) is 26.2 Å². The smallest absolute Gasteiger partial charge is 0.0446 e. The van der Waals surface area contributed by atoms with Crippen molar-refractivity contribution in [1.29, 1.82) is 0 Å². The first-order chi connectivity index (χ1) is 8.29. The van der Waals surface area contributed by atoms with Gasteiger partial charge in [-0.15, -0.1) is 0 Å². The van der Waals surface area contributed by atoms with E-state index >= 15 is 0 Å². The molecule has 0 spiro atoms. The highest BCUT2D eigenvalue weighted by atomic mass is 16.3. The average Bonchev–Trinajstić information content (AvgIpc) is 2.35. The lowest BCUT2D eigenvalue weighted by atomic mass is 10.1. The molecule has 0 saturated carbocycles. The molecule has 1 atom stereocenters. The number of rotatable bonds is 4. The number of aliphatic hydroxyl groups is 1. The summed E-state index contributed by atoms with van der Waals surface area (Å²) in [4.78, 5) is 2.47. The fraction of sp³-hybridized carbons (Fsp3) is 0.571. The van der Waals surface area contributed by atoms with E-state index in [1.165, 1.54) is 11.1 Å². The molecule has 0 unspecified atom stereocenters. The van der Waals surface area contributed by atoms with E-state index < -0.39 is 0 Å². The highest BCUT2D eigenvalue weighted by Gasteiger charge is 2.21. The minimum Gasteiger partial charge on any atom is -0.396 e. The van der Waals surface area contributed by atoms with E-state index in [1.54, 1.807) is 0 Å². The molecule has 2 rings (SSSR count). The van der Waals surface area contributed by atoms with Crippen LogP contribution in [0.1, 0.15) is 17.5 Å². The Morgan fingerprint density at radius 1 is 1.35 bits per heavy atom. The Morgan fingerprint density at radius 2 is 2.12 bits per heavy atom. The van der Waals surface area contributed by atoms with Crippen molar-refractivity contribution in [2.45, 2.75) is 25.9 Å². The molecule has 1 saturated heterocycles. The van der Waals surface area contributed by atoms with Gasteiger partial charge < -0.3 is 10.4 Å². The molecule has 1 aromatic rings. The molecular weight excluding hydrogens is 212 g/mol. The van der Waals surface area contributed by atoms with Gasteiger partial charge in [-0.05, 0) is 18.9 Å². The maximum absolute atomic E-state index is 9.08. The minimum atomic E-state index is 0.275. The Morgan fingerprint density at radius 3 is 2.82 bits per heavy atom. The lowest BCUT2D eigenvalue weighted by Crippen LogP contribution is -2.51. The molecule has 3 heteroatoms. The summed E-state index contributed by atoms with van der Waals surface area (Å²) in [5.74, 6) is 0. The SMILES string of the molecule is Cc1ccc(CN2CCNC[C@H]2CCO)cc1. The van der Waals surface area contributed by atoms with Gasteiger partial charge in [-0.25, -0.2) is 0 Å². The molecule has 0 aromatic heterocycles. The highest BCUT2D eigenvalue weighted by molar-refractivity contribution is 5.21. The van der Waals surface area contributed by atoms with E-state index in [-0.39, 0.29) is 6.61 Å². The predicted octanol–water partition coefficient (Wildman–Crippen LogP) is 1.15. The van der Waals surface area contributed by atoms with Gasteiger partial charge in [-0.3, -0.25) is 4.90 Å². The Kier molecular flexibility index (Phi) is 4.54. The van der Waals surface area contributed by atoms with Crippen molar-refractivity contribution in [3.05, 3.63) is 35.4 Å². The second-order valence-corrected chi connectivity index (χ2v) is 4.83. The predicted molar refractivity (Wildman–Crippen MR) is 69.9 cm³/mol. The molecule has 0 radical (unpaired) electrons. The van der Waals surface area contributed by atoms with Gasteiger partial charge >= 0.3 is 0 Å². The molecule has 0 aliphatic carbocycles. The monoisotopic (exact) mass is 234 g/mol. The topological polar surface area (TPSA) is 35.5 Å². The van der Waals surface area contributed by atoms with Crippen molar-refractivity contribution in [3.63, 3.8) is 0 Å². The lowest BCUT2D eigenvalue weighted by molar-refractivity contribution is 0.123. The number of piperazine rings is 1. The maximum Gasteiger partial charge on any atom is 0.0446 e. The molecule has 1 heterocycles. The van der Waals surface area contributed by atoms with E-state index in [1.807, 2.05) is 0 Å². The summed E-state index contributed by atoms with van der Waals surface area (Å²) in [6.07, 6.45) is 0.860. The lowest BCUT2D eigenvalue weighted by Gasteiger charge is -2.36. The summed E-state index contributed by atoms with van der Waals surface area (Å²) >= 11 is 0. The van der Waals surface area contributed by atoms with Crippen LogP contribution in [0.15, 0.2) is 24.3 Å². The first-order valence-electron chi connectivity index (χ1n) is 6.41. The van der Waals surface area contributed by atoms with Gasteiger partial charge in [0, 0.05) is 38.8 Å². The highest BCUT2D eigenvalue weighted by Crippen LogP contribution is 2.13. The van der Waals surface area contributed by atoms with Crippen molar-refractivity contribution < 1.29 is 5.11 Å². The van der Waals surface area contributed by atoms with Crippen LogP contribution in [0.25, 0.3) is 0 Å². The molecule has 2 N–H and O–H groups in total. The van der Waals surface area contributed by atoms with Gasteiger partial charge in [0.05, 0.1) is 0 Å². The van der Waals surface area contributed by atoms with Gasteiger partial charge in [0.2, 0.25) is 0 Å². The standard InChI is InChI=1S/C14H22N2O/c1-12-2-4-13(5-3-12)11-16-8-7-15-10-14(16)6-9-17/h2-5,14-15,17H,6-11H2,1H3/t14-/m1/s1. The van der Waals surface area contributed by atoms with E-state index in [0.717, 1.165) is 32.6 Å². The average molecular weight is 234 g/mol. The van der Waals surface area contributed by atoms with Crippen LogP contribution in [0.4, 0.5) is 0 Å². The second kappa shape index (κ2) is 6.15. The Balaban J connectivity index is 1.97. The second-order valence-electron chi connectivity index (χ2n) is 4.83. The van der Waals surface area contributed by atoms with Gasteiger partial charge in [0.1, 0.15) is 0 Å². The van der Waals surface area contributed by atoms with Crippen LogP contribution < -0.4 is 5.32 Å². The van der Waals surface area contributed by atoms with Crippen LogP contribution in [0.3, 0.4) is 0 Å². The fourth-order valence-corrected chi connectivity index (χ4v) is 2.37. The molecule has 17 heavy (non-hydrogen) atoms. The zero-order valence-electron chi connectivity index (χ0n) is 10.5. The van der Waals surface area contributed by atoms with Crippen LogP contribution in [-0.4, -0.2) is 42.3 Å². The molecular formula is C14H22N2O. The van der Waals surface area contributed by atoms with Crippen LogP contribution in [-0.2, 0) is 6.54 Å². The first-order valence-corrected chi connectivity index (χ1v) is 6.41. The number of aryl methyl sites for hydroxylation is 1. The van der Waals surface area contributed by atoms with E-state index in [9.17, 15) is 0 Å². The zero-order valence-corrected chi connectivity index (χ0v) is 10.5. The fourth-order valence-electron chi connectivity index (χ4n) is 2.37. The molecule has 1 aliphatic rings. The van der Waals surface area contributed by atoms with Crippen molar-refractivity contribution in [3.8, 4) is 0 Å². The Bertz CT molecular complexity index is 335. The maximum atomic E-state index is 9.08. The van der Waals surface area contributed by atoms with Gasteiger partial charge in [0.25, 0.3) is 0 Å². The summed E-state index contributed by atoms with van der Waals surface area (Å²) < 4.78 is 0. The molecule has 94 valence electrons. The molecule has 0 amide bonds. The molecule has 3 nitrogen and oxygen atoms in total. The molecule has 1 fully saturated rings. The van der Waals surface area contributed by atoms with Gasteiger partial charge in [0.15, 0.2) is 0 Å². The number of nitrogens with one attached hydrogen (secondary N) is 1. The van der Waals surface area contributed by atoms with Crippen molar-refractivity contribution >= 4 is 0 Å². The van der Waals surface area contributed by atoms with Crippen molar-refractivity contribution in [1.82, 2.24) is 10.2 Å². The third-order valence-electron chi connectivity index (χ3n) is 3.44. The molecule has 1 aliphatic heterocycles. The first kappa shape index (κ1) is 12.6. The van der Waals surface area contributed by atoms with E-state index in [4.69, 9.17) is 5.11 Å². The quantitative estimate of drug-likeness (QED) is 0.820. The molecule has 0 bridgehead atoms. The van der Waals surface area contributed by atoms with Gasteiger partial charge in [-0.1, -0.05) is 29.8 Å².